The lowest BCUT2D eigenvalue weighted by Crippen LogP contribution is -2.38. The van der Waals surface area contributed by atoms with Crippen LogP contribution in [-0.4, -0.2) is 38.9 Å². The van der Waals surface area contributed by atoms with Gasteiger partial charge in [0.25, 0.3) is 0 Å². The van der Waals surface area contributed by atoms with E-state index in [9.17, 15) is 4.79 Å². The van der Waals surface area contributed by atoms with E-state index in [2.05, 4.69) is 35.7 Å². The van der Waals surface area contributed by atoms with E-state index in [1.807, 2.05) is 24.3 Å². The van der Waals surface area contributed by atoms with Crippen molar-refractivity contribution in [3.63, 3.8) is 0 Å². The number of carbonyl (C=O) groups excluding carboxylic acids is 1. The first kappa shape index (κ1) is 17.7. The number of ether oxygens (including phenoxy) is 1. The topological polar surface area (TPSA) is 84.2 Å². The van der Waals surface area contributed by atoms with E-state index in [1.165, 1.54) is 0 Å². The fourth-order valence-corrected chi connectivity index (χ4v) is 3.13. The number of oxazole rings is 1. The Morgan fingerprint density at radius 1 is 1.30 bits per heavy atom. The first-order chi connectivity index (χ1) is 12.9. The molecule has 0 atom stereocenters. The SMILES string of the molecule is CC(C)(C)c1nc2c(o1)CCN(C(=O)COCc1nc3ccccc3[nH]1)C2. The van der Waals surface area contributed by atoms with E-state index in [0.717, 1.165) is 34.2 Å². The van der Waals surface area contributed by atoms with Gasteiger partial charge in [-0.05, 0) is 12.1 Å². The summed E-state index contributed by atoms with van der Waals surface area (Å²) in [6.45, 7) is 7.60. The van der Waals surface area contributed by atoms with Gasteiger partial charge in [-0.1, -0.05) is 32.9 Å². The van der Waals surface area contributed by atoms with Crippen LogP contribution < -0.4 is 0 Å². The predicted octanol–water partition coefficient (Wildman–Crippen LogP) is 2.95. The normalized spacial score (nSPS) is 14.6. The molecule has 0 unspecified atom stereocenters. The molecule has 0 saturated heterocycles. The van der Waals surface area contributed by atoms with Gasteiger partial charge in [-0.2, -0.15) is 0 Å². The van der Waals surface area contributed by atoms with E-state index in [1.54, 1.807) is 4.90 Å². The average molecular weight is 368 g/mol. The van der Waals surface area contributed by atoms with Gasteiger partial charge in [0.05, 0.1) is 17.6 Å². The number of H-pyrrole nitrogens is 1. The lowest BCUT2D eigenvalue weighted by molar-refractivity contribution is -0.137. The number of benzene rings is 1. The van der Waals surface area contributed by atoms with Crippen LogP contribution in [0.4, 0.5) is 0 Å². The van der Waals surface area contributed by atoms with Crippen molar-refractivity contribution in [2.45, 2.75) is 45.8 Å². The molecule has 1 N–H and O–H groups in total. The molecule has 27 heavy (non-hydrogen) atoms. The number of hydrogen-bond acceptors (Lipinski definition) is 5. The molecule has 142 valence electrons. The molecule has 7 nitrogen and oxygen atoms in total. The van der Waals surface area contributed by atoms with Gasteiger partial charge in [-0.15, -0.1) is 0 Å². The van der Waals surface area contributed by atoms with Gasteiger partial charge in [0.15, 0.2) is 5.89 Å². The molecule has 0 spiro atoms. The maximum Gasteiger partial charge on any atom is 0.248 e. The number of nitrogens with one attached hydrogen (secondary N) is 1. The highest BCUT2D eigenvalue weighted by atomic mass is 16.5. The molecule has 2 aromatic heterocycles. The average Bonchev–Trinajstić information content (AvgIpc) is 3.24. The number of imidazole rings is 1. The van der Waals surface area contributed by atoms with Crippen molar-refractivity contribution in [3.05, 3.63) is 47.4 Å². The Hall–Kier alpha value is -2.67. The molecule has 0 radical (unpaired) electrons. The Bertz CT molecular complexity index is 934. The van der Waals surface area contributed by atoms with Gasteiger partial charge in [-0.25, -0.2) is 9.97 Å². The molecule has 1 aliphatic heterocycles. The van der Waals surface area contributed by atoms with Crippen molar-refractivity contribution in [1.29, 1.82) is 0 Å². The summed E-state index contributed by atoms with van der Waals surface area (Å²) in [7, 11) is 0. The van der Waals surface area contributed by atoms with Crippen molar-refractivity contribution in [2.75, 3.05) is 13.2 Å². The van der Waals surface area contributed by atoms with Crippen LogP contribution in [0.15, 0.2) is 28.7 Å². The van der Waals surface area contributed by atoms with Gasteiger partial charge >= 0.3 is 0 Å². The van der Waals surface area contributed by atoms with Crippen LogP contribution in [0.5, 0.6) is 0 Å². The smallest absolute Gasteiger partial charge is 0.248 e. The molecule has 7 heteroatoms. The van der Waals surface area contributed by atoms with E-state index in [-0.39, 0.29) is 24.5 Å². The summed E-state index contributed by atoms with van der Waals surface area (Å²) in [6, 6.07) is 7.80. The van der Waals surface area contributed by atoms with Crippen LogP contribution in [0.1, 0.15) is 43.9 Å². The molecular weight excluding hydrogens is 344 g/mol. The molecule has 0 saturated carbocycles. The quantitative estimate of drug-likeness (QED) is 0.765. The second kappa shape index (κ2) is 6.81. The number of carbonyl (C=O) groups is 1. The van der Waals surface area contributed by atoms with Crippen LogP contribution in [0.3, 0.4) is 0 Å². The first-order valence-corrected chi connectivity index (χ1v) is 9.18. The number of aromatic nitrogens is 3. The predicted molar refractivity (Wildman–Crippen MR) is 100 cm³/mol. The van der Waals surface area contributed by atoms with Crippen LogP contribution in [0.25, 0.3) is 11.0 Å². The van der Waals surface area contributed by atoms with E-state index in [0.29, 0.717) is 19.5 Å². The van der Waals surface area contributed by atoms with E-state index in [4.69, 9.17) is 9.15 Å². The van der Waals surface area contributed by atoms with Crippen molar-refractivity contribution in [3.8, 4) is 0 Å². The van der Waals surface area contributed by atoms with Gasteiger partial charge in [0.1, 0.15) is 30.5 Å². The number of hydrogen-bond donors (Lipinski definition) is 1. The third kappa shape index (κ3) is 3.73. The summed E-state index contributed by atoms with van der Waals surface area (Å²) >= 11 is 0. The number of nitrogens with zero attached hydrogens (tertiary/aromatic N) is 3. The lowest BCUT2D eigenvalue weighted by atomic mass is 9.97. The summed E-state index contributed by atoms with van der Waals surface area (Å²) < 4.78 is 11.5. The Kier molecular flexibility index (Phi) is 4.47. The summed E-state index contributed by atoms with van der Waals surface area (Å²) in [4.78, 5) is 26.5. The summed E-state index contributed by atoms with van der Waals surface area (Å²) in [5, 5.41) is 0. The Balaban J connectivity index is 1.33. The van der Waals surface area contributed by atoms with Crippen molar-refractivity contribution in [2.24, 2.45) is 0 Å². The van der Waals surface area contributed by atoms with Gasteiger partial charge in [0, 0.05) is 18.4 Å². The van der Waals surface area contributed by atoms with Crippen LogP contribution in [0.2, 0.25) is 0 Å². The minimum atomic E-state index is -0.137. The number of rotatable bonds is 4. The zero-order valence-electron chi connectivity index (χ0n) is 15.9. The molecule has 0 aliphatic carbocycles. The first-order valence-electron chi connectivity index (χ1n) is 9.18. The fraction of sp³-hybridized carbons (Fsp3) is 0.450. The molecule has 1 aliphatic rings. The second-order valence-electron chi connectivity index (χ2n) is 7.90. The Labute approximate surface area is 157 Å². The van der Waals surface area contributed by atoms with E-state index >= 15 is 0 Å². The number of amides is 1. The van der Waals surface area contributed by atoms with Crippen molar-refractivity contribution >= 4 is 16.9 Å². The monoisotopic (exact) mass is 368 g/mol. The fourth-order valence-electron chi connectivity index (χ4n) is 3.13. The molecule has 1 amide bonds. The number of fused-ring (bicyclic) bond motifs is 2. The molecular formula is C20H24N4O3. The third-order valence-electron chi connectivity index (χ3n) is 4.62. The number of para-hydroxylation sites is 2. The third-order valence-corrected chi connectivity index (χ3v) is 4.62. The highest BCUT2D eigenvalue weighted by Crippen LogP contribution is 2.27. The second-order valence-corrected chi connectivity index (χ2v) is 7.90. The standard InChI is InChI=1S/C20H24N4O3/c1-20(2,3)19-23-15-10-24(9-8-16(15)27-19)18(25)12-26-11-17-21-13-6-4-5-7-14(13)22-17/h4-7H,8-12H2,1-3H3,(H,21,22). The molecule has 4 rings (SSSR count). The minimum Gasteiger partial charge on any atom is -0.445 e. The van der Waals surface area contributed by atoms with E-state index < -0.39 is 0 Å². The Morgan fingerprint density at radius 3 is 2.89 bits per heavy atom. The maximum atomic E-state index is 12.5. The maximum absolute atomic E-state index is 12.5. The molecule has 1 aromatic carbocycles. The Morgan fingerprint density at radius 2 is 2.11 bits per heavy atom. The zero-order valence-corrected chi connectivity index (χ0v) is 15.9. The van der Waals surface area contributed by atoms with Gasteiger partial charge in [0.2, 0.25) is 5.91 Å². The van der Waals surface area contributed by atoms with Crippen molar-refractivity contribution < 1.29 is 13.9 Å². The van der Waals surface area contributed by atoms with Gasteiger partial charge in [-0.3, -0.25) is 4.79 Å². The molecule has 0 bridgehead atoms. The van der Waals surface area contributed by atoms with Crippen LogP contribution >= 0.6 is 0 Å². The molecule has 3 aromatic rings. The molecule has 3 heterocycles. The largest absolute Gasteiger partial charge is 0.445 e. The zero-order chi connectivity index (χ0) is 19.0. The summed E-state index contributed by atoms with van der Waals surface area (Å²) in [5.74, 6) is 2.29. The number of aromatic amines is 1. The minimum absolute atomic E-state index is 0.0242. The van der Waals surface area contributed by atoms with Crippen LogP contribution in [-0.2, 0) is 34.5 Å². The summed E-state index contributed by atoms with van der Waals surface area (Å²) in [5.41, 5.74) is 2.58. The van der Waals surface area contributed by atoms with Crippen molar-refractivity contribution in [1.82, 2.24) is 19.9 Å². The lowest BCUT2D eigenvalue weighted by Gasteiger charge is -2.25. The summed E-state index contributed by atoms with van der Waals surface area (Å²) in [6.07, 6.45) is 0.688. The van der Waals surface area contributed by atoms with Crippen LogP contribution in [0, 0.1) is 0 Å². The van der Waals surface area contributed by atoms with Gasteiger partial charge < -0.3 is 19.0 Å². The molecule has 0 fully saturated rings. The highest BCUT2D eigenvalue weighted by molar-refractivity contribution is 5.77. The highest BCUT2D eigenvalue weighted by Gasteiger charge is 2.29.